The lowest BCUT2D eigenvalue weighted by Crippen LogP contribution is -2.26. The number of anilines is 1. The molecule has 1 amide bonds. The molecule has 0 radical (unpaired) electrons. The molecule has 1 unspecified atom stereocenters. The van der Waals surface area contributed by atoms with Gasteiger partial charge in [-0.1, -0.05) is 0 Å². The first-order valence-corrected chi connectivity index (χ1v) is 6.35. The van der Waals surface area contributed by atoms with Crippen molar-refractivity contribution in [3.8, 4) is 5.75 Å². The summed E-state index contributed by atoms with van der Waals surface area (Å²) in [5, 5.41) is 7.79. The monoisotopic (exact) mass is 259 g/mol. The maximum Gasteiger partial charge on any atom is 0.307 e. The van der Waals surface area contributed by atoms with Gasteiger partial charge in [-0.15, -0.1) is 3.89 Å². The van der Waals surface area contributed by atoms with Gasteiger partial charge in [0.05, 0.1) is 0 Å². The predicted octanol–water partition coefficient (Wildman–Crippen LogP) is 0.797. The number of phenols is 1. The zero-order valence-electron chi connectivity index (χ0n) is 8.71. The summed E-state index contributed by atoms with van der Waals surface area (Å²) in [6.45, 7) is -0.192. The number of phenolic OH excluding ortho intramolecular Hbond substituents is 1. The van der Waals surface area contributed by atoms with E-state index in [2.05, 4.69) is 0 Å². The summed E-state index contributed by atoms with van der Waals surface area (Å²) in [6.07, 6.45) is -0.348. The van der Waals surface area contributed by atoms with E-state index in [1.807, 2.05) is 0 Å². The van der Waals surface area contributed by atoms with Crippen LogP contribution >= 0.6 is 0 Å². The molecule has 0 aliphatic carbocycles. The van der Waals surface area contributed by atoms with Crippen LogP contribution in [-0.4, -0.2) is 31.2 Å². The summed E-state index contributed by atoms with van der Waals surface area (Å²) in [4.78, 5) is 12.7. The van der Waals surface area contributed by atoms with Crippen LogP contribution in [0, 0.1) is 0 Å². The van der Waals surface area contributed by atoms with Gasteiger partial charge in [0, 0.05) is 18.7 Å². The Kier molecular flexibility index (Phi) is 2.78. The number of nitrogens with zero attached hydrogens (tertiary/aromatic N) is 1. The molecule has 1 aliphatic heterocycles. The molecule has 17 heavy (non-hydrogen) atoms. The van der Waals surface area contributed by atoms with Crippen molar-refractivity contribution in [1.29, 1.82) is 0 Å². The number of carbonyl (C=O) groups is 1. The van der Waals surface area contributed by atoms with Crippen molar-refractivity contribution >= 4 is 21.8 Å². The Morgan fingerprint density at radius 2 is 1.88 bits per heavy atom. The van der Waals surface area contributed by atoms with Crippen molar-refractivity contribution in [3.63, 3.8) is 0 Å². The minimum Gasteiger partial charge on any atom is -0.508 e. The predicted molar refractivity (Wildman–Crippen MR) is 58.9 cm³/mol. The van der Waals surface area contributed by atoms with Crippen molar-refractivity contribution in [3.05, 3.63) is 24.3 Å². The molecule has 0 spiro atoms. The highest BCUT2D eigenvalue weighted by atomic mass is 32.3. The van der Waals surface area contributed by atoms with Crippen LogP contribution in [0.2, 0.25) is 0 Å². The second-order valence-corrected chi connectivity index (χ2v) is 5.44. The Labute approximate surface area is 97.7 Å². The molecule has 1 aliphatic rings. The summed E-state index contributed by atoms with van der Waals surface area (Å²) in [7, 11) is -4.70. The third-order valence-electron chi connectivity index (χ3n) is 2.65. The topological polar surface area (TPSA) is 74.7 Å². The number of aromatic hydroxyl groups is 1. The van der Waals surface area contributed by atoms with E-state index in [-0.39, 0.29) is 18.7 Å². The Morgan fingerprint density at radius 3 is 2.35 bits per heavy atom. The lowest BCUT2D eigenvalue weighted by Gasteiger charge is -2.15. The van der Waals surface area contributed by atoms with E-state index in [4.69, 9.17) is 5.11 Å². The fraction of sp³-hybridized carbons (Fsp3) is 0.300. The van der Waals surface area contributed by atoms with Crippen molar-refractivity contribution in [2.24, 2.45) is 0 Å². The van der Waals surface area contributed by atoms with E-state index in [1.54, 1.807) is 0 Å². The van der Waals surface area contributed by atoms with E-state index in [0.717, 1.165) is 0 Å². The van der Waals surface area contributed by atoms with E-state index < -0.39 is 21.4 Å². The smallest absolute Gasteiger partial charge is 0.307 e. The molecule has 1 heterocycles. The van der Waals surface area contributed by atoms with Gasteiger partial charge in [-0.3, -0.25) is 4.79 Å². The molecule has 1 fully saturated rings. The van der Waals surface area contributed by atoms with Crippen LogP contribution < -0.4 is 4.90 Å². The average Bonchev–Trinajstić information content (AvgIpc) is 2.61. The Bertz CT molecular complexity index is 540. The Hall–Kier alpha value is -1.63. The molecule has 2 rings (SSSR count). The van der Waals surface area contributed by atoms with Crippen molar-refractivity contribution in [2.75, 3.05) is 11.4 Å². The van der Waals surface area contributed by atoms with Crippen LogP contribution in [0.15, 0.2) is 24.3 Å². The lowest BCUT2D eigenvalue weighted by molar-refractivity contribution is -0.117. The van der Waals surface area contributed by atoms with Gasteiger partial charge in [-0.2, -0.15) is 8.42 Å². The molecule has 1 aromatic carbocycles. The number of carbonyl (C=O) groups excluding carboxylic acids is 1. The van der Waals surface area contributed by atoms with E-state index in [9.17, 15) is 17.1 Å². The van der Waals surface area contributed by atoms with E-state index in [0.29, 0.717) is 5.69 Å². The van der Waals surface area contributed by atoms with Gasteiger partial charge < -0.3 is 10.0 Å². The molecular formula is C10H10FNO4S. The lowest BCUT2D eigenvalue weighted by atomic mass is 10.3. The fourth-order valence-electron chi connectivity index (χ4n) is 1.75. The standard InChI is InChI=1S/C10H10FNO4S/c11-17(15,16)9-5-10(14)12(6-9)7-1-3-8(13)4-2-7/h1-4,9,13H,5-6H2. The van der Waals surface area contributed by atoms with Gasteiger partial charge in [0.2, 0.25) is 5.91 Å². The van der Waals surface area contributed by atoms with E-state index in [1.165, 1.54) is 29.2 Å². The zero-order valence-corrected chi connectivity index (χ0v) is 9.52. The SMILES string of the molecule is O=C1CC(S(=O)(=O)F)CN1c1ccc(O)cc1. The molecule has 7 heteroatoms. The van der Waals surface area contributed by atoms with Gasteiger partial charge in [-0.05, 0) is 24.3 Å². The first-order chi connectivity index (χ1) is 7.88. The maximum atomic E-state index is 12.8. The third-order valence-corrected chi connectivity index (χ3v) is 3.76. The second kappa shape index (κ2) is 3.99. The summed E-state index contributed by atoms with van der Waals surface area (Å²) in [6, 6.07) is 5.70. The normalized spacial score (nSPS) is 20.9. The molecule has 1 N–H and O–H groups in total. The third kappa shape index (κ3) is 2.38. The van der Waals surface area contributed by atoms with Gasteiger partial charge in [0.1, 0.15) is 11.0 Å². The summed E-state index contributed by atoms with van der Waals surface area (Å²) < 4.78 is 34.2. The van der Waals surface area contributed by atoms with Crippen molar-refractivity contribution in [2.45, 2.75) is 11.7 Å². The summed E-state index contributed by atoms with van der Waals surface area (Å²) >= 11 is 0. The zero-order chi connectivity index (χ0) is 12.6. The van der Waals surface area contributed by atoms with Gasteiger partial charge in [0.25, 0.3) is 0 Å². The second-order valence-electron chi connectivity index (χ2n) is 3.82. The largest absolute Gasteiger partial charge is 0.508 e. The highest BCUT2D eigenvalue weighted by molar-refractivity contribution is 7.87. The molecule has 0 aromatic heterocycles. The molecule has 1 atom stereocenters. The highest BCUT2D eigenvalue weighted by Gasteiger charge is 2.38. The minimum atomic E-state index is -4.70. The Morgan fingerprint density at radius 1 is 1.29 bits per heavy atom. The van der Waals surface area contributed by atoms with Crippen LogP contribution in [0.3, 0.4) is 0 Å². The molecule has 1 aromatic rings. The minimum absolute atomic E-state index is 0.0371. The number of benzene rings is 1. The molecular weight excluding hydrogens is 249 g/mol. The summed E-state index contributed by atoms with van der Waals surface area (Å²) in [5.41, 5.74) is 0.443. The van der Waals surface area contributed by atoms with Crippen LogP contribution in [-0.2, 0) is 15.0 Å². The van der Waals surface area contributed by atoms with Crippen molar-refractivity contribution < 1.29 is 22.2 Å². The van der Waals surface area contributed by atoms with Crippen LogP contribution in [0.1, 0.15) is 6.42 Å². The van der Waals surface area contributed by atoms with Crippen LogP contribution in [0.5, 0.6) is 5.75 Å². The number of halogens is 1. The van der Waals surface area contributed by atoms with Gasteiger partial charge in [0.15, 0.2) is 0 Å². The molecule has 0 bridgehead atoms. The van der Waals surface area contributed by atoms with Crippen LogP contribution in [0.25, 0.3) is 0 Å². The maximum absolute atomic E-state index is 12.8. The quantitative estimate of drug-likeness (QED) is 0.797. The average molecular weight is 259 g/mol. The molecule has 1 saturated heterocycles. The fourth-order valence-corrected chi connectivity index (χ4v) is 2.41. The number of hydrogen-bond donors (Lipinski definition) is 1. The first-order valence-electron chi connectivity index (χ1n) is 4.91. The molecule has 5 nitrogen and oxygen atoms in total. The highest BCUT2D eigenvalue weighted by Crippen LogP contribution is 2.26. The number of hydrogen-bond acceptors (Lipinski definition) is 4. The van der Waals surface area contributed by atoms with Crippen LogP contribution in [0.4, 0.5) is 9.57 Å². The van der Waals surface area contributed by atoms with E-state index >= 15 is 0 Å². The summed E-state index contributed by atoms with van der Waals surface area (Å²) in [5.74, 6) is -0.406. The van der Waals surface area contributed by atoms with Crippen molar-refractivity contribution in [1.82, 2.24) is 0 Å². The number of rotatable bonds is 2. The number of amides is 1. The molecule has 92 valence electrons. The molecule has 0 saturated carbocycles. The van der Waals surface area contributed by atoms with Gasteiger partial charge >= 0.3 is 10.2 Å². The van der Waals surface area contributed by atoms with Gasteiger partial charge in [-0.25, -0.2) is 0 Å². The first kappa shape index (κ1) is 11.8. The Balaban J connectivity index is 2.24.